The van der Waals surface area contributed by atoms with E-state index in [1.165, 1.54) is 11.4 Å². The maximum atomic E-state index is 13.0. The van der Waals surface area contributed by atoms with Crippen LogP contribution in [0.15, 0.2) is 65.6 Å². The highest BCUT2D eigenvalue weighted by atomic mass is 32.2. The largest absolute Gasteiger partial charge is 0.354 e. The van der Waals surface area contributed by atoms with Gasteiger partial charge in [0.15, 0.2) is 6.29 Å². The molecule has 6 heteroatoms. The number of rotatable bonds is 5. The molecule has 1 saturated heterocycles. The smallest absolute Gasteiger partial charge is 0.245 e. The average molecular weight is 359 g/mol. The molecule has 0 aromatic heterocycles. The molecule has 132 valence electrons. The molecule has 25 heavy (non-hydrogen) atoms. The van der Waals surface area contributed by atoms with Gasteiger partial charge in [0.05, 0.1) is 11.4 Å². The number of methoxy groups -OCH3 is 1. The second kappa shape index (κ2) is 7.49. The zero-order valence-corrected chi connectivity index (χ0v) is 15.0. The average Bonchev–Trinajstić information content (AvgIpc) is 3.05. The Labute approximate surface area is 148 Å². The SMILES string of the molecule is COC1CN(S(=O)(=O)c2ccc(C)cc2)C(/C=C/c2ccccc2)O1. The molecule has 0 aliphatic carbocycles. The molecular weight excluding hydrogens is 338 g/mol. The lowest BCUT2D eigenvalue weighted by atomic mass is 10.2. The molecule has 2 unspecified atom stereocenters. The van der Waals surface area contributed by atoms with Crippen molar-refractivity contribution in [3.8, 4) is 0 Å². The van der Waals surface area contributed by atoms with Gasteiger partial charge in [0.1, 0.15) is 6.23 Å². The van der Waals surface area contributed by atoms with Gasteiger partial charge in [0, 0.05) is 7.11 Å². The molecule has 2 atom stereocenters. The van der Waals surface area contributed by atoms with E-state index in [1.54, 1.807) is 30.3 Å². The van der Waals surface area contributed by atoms with Gasteiger partial charge in [-0.2, -0.15) is 4.31 Å². The highest BCUT2D eigenvalue weighted by Gasteiger charge is 2.40. The third kappa shape index (κ3) is 3.99. The van der Waals surface area contributed by atoms with Gasteiger partial charge >= 0.3 is 0 Å². The Morgan fingerprint density at radius 1 is 1.12 bits per heavy atom. The number of nitrogens with zero attached hydrogens (tertiary/aromatic N) is 1. The first-order chi connectivity index (χ1) is 12.0. The highest BCUT2D eigenvalue weighted by molar-refractivity contribution is 7.89. The molecule has 2 aromatic carbocycles. The molecule has 1 aliphatic heterocycles. The molecule has 0 N–H and O–H groups in total. The fraction of sp³-hybridized carbons (Fsp3) is 0.263. The second-order valence-electron chi connectivity index (χ2n) is 5.85. The quantitative estimate of drug-likeness (QED) is 0.823. The zero-order valence-electron chi connectivity index (χ0n) is 14.2. The molecular formula is C19H21NO4S. The Morgan fingerprint density at radius 3 is 2.44 bits per heavy atom. The van der Waals surface area contributed by atoms with E-state index >= 15 is 0 Å². The Morgan fingerprint density at radius 2 is 1.80 bits per heavy atom. The number of sulfonamides is 1. The predicted octanol–water partition coefficient (Wildman–Crippen LogP) is 3.03. The van der Waals surface area contributed by atoms with E-state index in [1.807, 2.05) is 43.3 Å². The number of aryl methyl sites for hydroxylation is 1. The summed E-state index contributed by atoms with van der Waals surface area (Å²) < 4.78 is 38.2. The van der Waals surface area contributed by atoms with E-state index in [0.29, 0.717) is 0 Å². The molecule has 1 heterocycles. The minimum absolute atomic E-state index is 0.149. The molecule has 0 radical (unpaired) electrons. The third-order valence-electron chi connectivity index (χ3n) is 4.05. The topological polar surface area (TPSA) is 55.8 Å². The minimum atomic E-state index is -3.67. The Kier molecular flexibility index (Phi) is 5.34. The molecule has 0 saturated carbocycles. The summed E-state index contributed by atoms with van der Waals surface area (Å²) in [6, 6.07) is 16.5. The van der Waals surface area contributed by atoms with Crippen molar-refractivity contribution < 1.29 is 17.9 Å². The van der Waals surface area contributed by atoms with Crippen LogP contribution in [0.25, 0.3) is 6.08 Å². The summed E-state index contributed by atoms with van der Waals surface area (Å²) in [5.41, 5.74) is 1.98. The van der Waals surface area contributed by atoms with E-state index in [-0.39, 0.29) is 11.4 Å². The number of hydrogen-bond donors (Lipinski definition) is 0. The van der Waals surface area contributed by atoms with Crippen LogP contribution in [0, 0.1) is 6.92 Å². The van der Waals surface area contributed by atoms with Crippen molar-refractivity contribution in [2.24, 2.45) is 0 Å². The first-order valence-electron chi connectivity index (χ1n) is 8.01. The molecule has 0 amide bonds. The molecule has 3 rings (SSSR count). The molecule has 0 bridgehead atoms. The molecule has 0 spiro atoms. The van der Waals surface area contributed by atoms with Crippen LogP contribution in [0.2, 0.25) is 0 Å². The van der Waals surface area contributed by atoms with Gasteiger partial charge in [-0.25, -0.2) is 8.42 Å². The van der Waals surface area contributed by atoms with Gasteiger partial charge < -0.3 is 9.47 Å². The van der Waals surface area contributed by atoms with Crippen LogP contribution in [0.3, 0.4) is 0 Å². The first kappa shape index (κ1) is 17.8. The molecule has 2 aromatic rings. The van der Waals surface area contributed by atoms with Gasteiger partial charge in [-0.1, -0.05) is 54.1 Å². The van der Waals surface area contributed by atoms with Crippen molar-refractivity contribution in [1.29, 1.82) is 0 Å². The number of ether oxygens (including phenoxy) is 2. The number of hydrogen-bond acceptors (Lipinski definition) is 4. The van der Waals surface area contributed by atoms with Crippen LogP contribution < -0.4 is 0 Å². The van der Waals surface area contributed by atoms with Crippen molar-refractivity contribution in [2.75, 3.05) is 13.7 Å². The molecule has 1 aliphatic rings. The summed E-state index contributed by atoms with van der Waals surface area (Å²) in [6.07, 6.45) is 2.28. The Balaban J connectivity index is 1.88. The molecule has 1 fully saturated rings. The summed E-state index contributed by atoms with van der Waals surface area (Å²) in [6.45, 7) is 2.07. The van der Waals surface area contributed by atoms with Crippen LogP contribution in [-0.2, 0) is 19.5 Å². The van der Waals surface area contributed by atoms with E-state index in [9.17, 15) is 8.42 Å². The zero-order chi connectivity index (χ0) is 17.9. The maximum Gasteiger partial charge on any atom is 0.245 e. The lowest BCUT2D eigenvalue weighted by Crippen LogP contribution is -2.35. The highest BCUT2D eigenvalue weighted by Crippen LogP contribution is 2.27. The fourth-order valence-corrected chi connectivity index (χ4v) is 4.09. The van der Waals surface area contributed by atoms with Crippen LogP contribution in [-0.4, -0.2) is 38.9 Å². The van der Waals surface area contributed by atoms with Crippen molar-refractivity contribution in [2.45, 2.75) is 24.3 Å². The van der Waals surface area contributed by atoms with E-state index < -0.39 is 22.5 Å². The van der Waals surface area contributed by atoms with Crippen LogP contribution in [0.4, 0.5) is 0 Å². The van der Waals surface area contributed by atoms with Crippen molar-refractivity contribution in [1.82, 2.24) is 4.31 Å². The Hall–Kier alpha value is -1.99. The second-order valence-corrected chi connectivity index (χ2v) is 7.74. The summed E-state index contributed by atoms with van der Waals surface area (Å²) in [4.78, 5) is 0.247. The summed E-state index contributed by atoms with van der Waals surface area (Å²) in [7, 11) is -2.17. The van der Waals surface area contributed by atoms with Gasteiger partial charge in [-0.05, 0) is 30.7 Å². The molecule has 5 nitrogen and oxygen atoms in total. The van der Waals surface area contributed by atoms with E-state index in [4.69, 9.17) is 9.47 Å². The summed E-state index contributed by atoms with van der Waals surface area (Å²) in [5.74, 6) is 0. The van der Waals surface area contributed by atoms with Crippen molar-refractivity contribution in [3.05, 3.63) is 71.8 Å². The van der Waals surface area contributed by atoms with Gasteiger partial charge in [0.25, 0.3) is 0 Å². The van der Waals surface area contributed by atoms with Crippen LogP contribution in [0.5, 0.6) is 0 Å². The van der Waals surface area contributed by atoms with Gasteiger partial charge in [-0.15, -0.1) is 0 Å². The van der Waals surface area contributed by atoms with Crippen LogP contribution >= 0.6 is 0 Å². The summed E-state index contributed by atoms with van der Waals surface area (Å²) >= 11 is 0. The predicted molar refractivity (Wildman–Crippen MR) is 96.2 cm³/mol. The van der Waals surface area contributed by atoms with Gasteiger partial charge in [0.2, 0.25) is 10.0 Å². The fourth-order valence-electron chi connectivity index (χ4n) is 2.63. The lowest BCUT2D eigenvalue weighted by molar-refractivity contribution is -0.100. The monoisotopic (exact) mass is 359 g/mol. The van der Waals surface area contributed by atoms with Crippen molar-refractivity contribution >= 4 is 16.1 Å². The normalized spacial score (nSPS) is 21.8. The lowest BCUT2D eigenvalue weighted by Gasteiger charge is -2.19. The Bertz CT molecular complexity index is 831. The van der Waals surface area contributed by atoms with E-state index in [0.717, 1.165) is 11.1 Å². The summed E-state index contributed by atoms with van der Waals surface area (Å²) in [5, 5.41) is 0. The van der Waals surface area contributed by atoms with E-state index in [2.05, 4.69) is 0 Å². The minimum Gasteiger partial charge on any atom is -0.354 e. The standard InChI is InChI=1S/C19H21NO4S/c1-15-8-11-17(12-9-15)25(21,22)20-14-19(23-2)24-18(20)13-10-16-6-4-3-5-7-16/h3-13,18-19H,14H2,1-2H3/b13-10+. The maximum absolute atomic E-state index is 13.0. The third-order valence-corrected chi connectivity index (χ3v) is 5.89. The first-order valence-corrected chi connectivity index (χ1v) is 9.45. The van der Waals surface area contributed by atoms with Crippen molar-refractivity contribution in [3.63, 3.8) is 0 Å². The number of benzene rings is 2. The van der Waals surface area contributed by atoms with Crippen LogP contribution in [0.1, 0.15) is 11.1 Å². The van der Waals surface area contributed by atoms with Gasteiger partial charge in [-0.3, -0.25) is 0 Å².